The standard InChI is InChI=1S/C20H23ClN6O4S/c1-29-10-6-9-27-18(13-7-4-5-8-14(13)21)25-26-20(27)32-12-15(28)22-19-23-16(30-2)11-17(24-19)31-3/h4-5,7-8,11H,6,9-10,12H2,1-3H3,(H,22,23,24,28). The number of amides is 1. The van der Waals surface area contributed by atoms with Gasteiger partial charge in [0, 0.05) is 25.8 Å². The highest BCUT2D eigenvalue weighted by Gasteiger charge is 2.18. The highest BCUT2D eigenvalue weighted by atomic mass is 35.5. The van der Waals surface area contributed by atoms with Gasteiger partial charge in [0.25, 0.3) is 0 Å². The number of hydrogen-bond donors (Lipinski definition) is 1. The lowest BCUT2D eigenvalue weighted by Gasteiger charge is -2.11. The van der Waals surface area contributed by atoms with Crippen LogP contribution in [0.4, 0.5) is 5.95 Å². The van der Waals surface area contributed by atoms with Crippen LogP contribution >= 0.6 is 23.4 Å². The van der Waals surface area contributed by atoms with Crippen LogP contribution in [-0.4, -0.2) is 64.3 Å². The van der Waals surface area contributed by atoms with Crippen LogP contribution in [0.1, 0.15) is 6.42 Å². The van der Waals surface area contributed by atoms with Crippen LogP contribution in [0, 0.1) is 0 Å². The number of nitrogens with zero attached hydrogens (tertiary/aromatic N) is 5. The maximum absolute atomic E-state index is 12.5. The van der Waals surface area contributed by atoms with Crippen molar-refractivity contribution in [1.82, 2.24) is 24.7 Å². The van der Waals surface area contributed by atoms with Crippen LogP contribution in [0.5, 0.6) is 11.8 Å². The summed E-state index contributed by atoms with van der Waals surface area (Å²) in [5, 5.41) is 12.4. The van der Waals surface area contributed by atoms with Gasteiger partial charge in [0.2, 0.25) is 23.6 Å². The molecular formula is C20H23ClN6O4S. The minimum atomic E-state index is -0.309. The number of methoxy groups -OCH3 is 3. The van der Waals surface area contributed by atoms with Crippen molar-refractivity contribution in [2.24, 2.45) is 0 Å². The summed E-state index contributed by atoms with van der Waals surface area (Å²) < 4.78 is 17.3. The molecule has 0 unspecified atom stereocenters. The number of benzene rings is 1. The zero-order valence-corrected chi connectivity index (χ0v) is 19.4. The van der Waals surface area contributed by atoms with E-state index in [9.17, 15) is 4.79 Å². The molecule has 32 heavy (non-hydrogen) atoms. The van der Waals surface area contributed by atoms with Crippen LogP contribution in [0.3, 0.4) is 0 Å². The number of anilines is 1. The average molecular weight is 479 g/mol. The largest absolute Gasteiger partial charge is 0.481 e. The Kier molecular flexibility index (Phi) is 8.65. The molecule has 10 nitrogen and oxygen atoms in total. The smallest absolute Gasteiger partial charge is 0.237 e. The number of carbonyl (C=O) groups is 1. The van der Waals surface area contributed by atoms with Gasteiger partial charge >= 0.3 is 0 Å². The van der Waals surface area contributed by atoms with Gasteiger partial charge in [-0.15, -0.1) is 10.2 Å². The van der Waals surface area contributed by atoms with Gasteiger partial charge < -0.3 is 18.8 Å². The second-order valence-electron chi connectivity index (χ2n) is 6.40. The molecule has 3 aromatic rings. The van der Waals surface area contributed by atoms with Crippen molar-refractivity contribution < 1.29 is 19.0 Å². The number of hydrogen-bond acceptors (Lipinski definition) is 9. The summed E-state index contributed by atoms with van der Waals surface area (Å²) in [5.74, 6) is 1.05. The van der Waals surface area contributed by atoms with Gasteiger partial charge in [-0.3, -0.25) is 10.1 Å². The third-order valence-electron chi connectivity index (χ3n) is 4.24. The molecule has 0 aliphatic heterocycles. The van der Waals surface area contributed by atoms with Crippen LogP contribution in [0.2, 0.25) is 5.02 Å². The first-order valence-corrected chi connectivity index (χ1v) is 11.0. The number of halogens is 1. The quantitative estimate of drug-likeness (QED) is 0.328. The van der Waals surface area contributed by atoms with E-state index < -0.39 is 0 Å². The Morgan fingerprint density at radius 1 is 1.12 bits per heavy atom. The minimum Gasteiger partial charge on any atom is -0.481 e. The van der Waals surface area contributed by atoms with E-state index in [4.69, 9.17) is 25.8 Å². The fourth-order valence-electron chi connectivity index (χ4n) is 2.77. The van der Waals surface area contributed by atoms with Crippen LogP contribution in [0.25, 0.3) is 11.4 Å². The van der Waals surface area contributed by atoms with Crippen molar-refractivity contribution in [1.29, 1.82) is 0 Å². The van der Waals surface area contributed by atoms with Gasteiger partial charge in [0.05, 0.1) is 31.1 Å². The summed E-state index contributed by atoms with van der Waals surface area (Å²) in [7, 11) is 4.59. The van der Waals surface area contributed by atoms with E-state index in [1.165, 1.54) is 32.0 Å². The van der Waals surface area contributed by atoms with Crippen molar-refractivity contribution in [3.05, 3.63) is 35.4 Å². The number of ether oxygens (including phenoxy) is 3. The maximum Gasteiger partial charge on any atom is 0.237 e. The second-order valence-corrected chi connectivity index (χ2v) is 7.75. The van der Waals surface area contributed by atoms with E-state index >= 15 is 0 Å². The number of thioether (sulfide) groups is 1. The van der Waals surface area contributed by atoms with Gasteiger partial charge in [-0.2, -0.15) is 9.97 Å². The molecule has 0 saturated carbocycles. The number of nitrogens with one attached hydrogen (secondary N) is 1. The van der Waals surface area contributed by atoms with E-state index in [1.54, 1.807) is 13.2 Å². The van der Waals surface area contributed by atoms with E-state index in [2.05, 4.69) is 25.5 Å². The molecule has 1 aromatic carbocycles. The lowest BCUT2D eigenvalue weighted by Crippen LogP contribution is -2.17. The highest BCUT2D eigenvalue weighted by molar-refractivity contribution is 7.99. The number of rotatable bonds is 11. The summed E-state index contributed by atoms with van der Waals surface area (Å²) in [6.45, 7) is 1.20. The molecule has 0 aliphatic rings. The van der Waals surface area contributed by atoms with Gasteiger partial charge in [0.15, 0.2) is 11.0 Å². The lowest BCUT2D eigenvalue weighted by atomic mass is 10.2. The predicted octanol–water partition coefficient (Wildman–Crippen LogP) is 3.17. The zero-order chi connectivity index (χ0) is 22.9. The van der Waals surface area contributed by atoms with Crippen molar-refractivity contribution in [2.45, 2.75) is 18.1 Å². The minimum absolute atomic E-state index is 0.0772. The summed E-state index contributed by atoms with van der Waals surface area (Å²) in [6.07, 6.45) is 0.753. The van der Waals surface area contributed by atoms with Gasteiger partial charge in [0.1, 0.15) is 0 Å². The Labute approximate surface area is 194 Å². The topological polar surface area (TPSA) is 113 Å². The van der Waals surface area contributed by atoms with Crippen LogP contribution in [0.15, 0.2) is 35.5 Å². The molecule has 2 aromatic heterocycles. The first-order valence-electron chi connectivity index (χ1n) is 9.62. The third kappa shape index (κ3) is 6.09. The first-order chi connectivity index (χ1) is 15.5. The third-order valence-corrected chi connectivity index (χ3v) is 5.54. The van der Waals surface area contributed by atoms with E-state index in [-0.39, 0.29) is 29.4 Å². The maximum atomic E-state index is 12.5. The van der Waals surface area contributed by atoms with Crippen LogP contribution in [-0.2, 0) is 16.1 Å². The van der Waals surface area contributed by atoms with Crippen molar-refractivity contribution in [3.8, 4) is 23.1 Å². The summed E-state index contributed by atoms with van der Waals surface area (Å²) in [5.41, 5.74) is 0.771. The molecule has 1 N–H and O–H groups in total. The molecule has 1 amide bonds. The molecule has 0 bridgehead atoms. The van der Waals surface area contributed by atoms with E-state index in [1.807, 2.05) is 22.8 Å². The molecule has 0 spiro atoms. The molecule has 12 heteroatoms. The van der Waals surface area contributed by atoms with Crippen LogP contribution < -0.4 is 14.8 Å². The van der Waals surface area contributed by atoms with Crippen molar-refractivity contribution >= 4 is 35.2 Å². The SMILES string of the molecule is COCCCn1c(SCC(=O)Nc2nc(OC)cc(OC)n2)nnc1-c1ccccc1Cl. The van der Waals surface area contributed by atoms with Gasteiger partial charge in [-0.05, 0) is 18.6 Å². The molecule has 0 aliphatic carbocycles. The molecular weight excluding hydrogens is 456 g/mol. The van der Waals surface area contributed by atoms with Gasteiger partial charge in [-0.1, -0.05) is 35.5 Å². The summed E-state index contributed by atoms with van der Waals surface area (Å²) in [6, 6.07) is 8.94. The monoisotopic (exact) mass is 478 g/mol. The molecule has 170 valence electrons. The van der Waals surface area contributed by atoms with Crippen molar-refractivity contribution in [3.63, 3.8) is 0 Å². The summed E-state index contributed by atoms with van der Waals surface area (Å²) in [4.78, 5) is 20.7. The molecule has 0 atom stereocenters. The molecule has 2 heterocycles. The number of aromatic nitrogens is 5. The lowest BCUT2D eigenvalue weighted by molar-refractivity contribution is -0.113. The molecule has 0 radical (unpaired) electrons. The Bertz CT molecular complexity index is 1040. The first kappa shape index (κ1) is 23.8. The Morgan fingerprint density at radius 3 is 2.50 bits per heavy atom. The fraction of sp³-hybridized carbons (Fsp3) is 0.350. The Morgan fingerprint density at radius 2 is 1.84 bits per heavy atom. The zero-order valence-electron chi connectivity index (χ0n) is 17.9. The Hall–Kier alpha value is -2.89. The predicted molar refractivity (Wildman–Crippen MR) is 121 cm³/mol. The second kappa shape index (κ2) is 11.7. The molecule has 3 rings (SSSR count). The average Bonchev–Trinajstić information content (AvgIpc) is 3.20. The fourth-order valence-corrected chi connectivity index (χ4v) is 3.75. The molecule has 0 fully saturated rings. The van der Waals surface area contributed by atoms with E-state index in [0.717, 1.165) is 12.0 Å². The highest BCUT2D eigenvalue weighted by Crippen LogP contribution is 2.29. The summed E-state index contributed by atoms with van der Waals surface area (Å²) >= 11 is 7.61. The van der Waals surface area contributed by atoms with E-state index in [0.29, 0.717) is 29.2 Å². The number of carbonyl (C=O) groups excluding carboxylic acids is 1. The normalized spacial score (nSPS) is 10.8. The van der Waals surface area contributed by atoms with Crippen molar-refractivity contribution in [2.75, 3.05) is 39.0 Å². The molecule has 0 saturated heterocycles. The van der Waals surface area contributed by atoms with Gasteiger partial charge in [-0.25, -0.2) is 0 Å². The Balaban J connectivity index is 1.74.